The minimum absolute atomic E-state index is 0.186. The standard InChI is InChI=1S/C23H16BrNO2S2/c24-18-11-12-19(17(13-18)14-20-22(26)25-23(28)29-20)27-21(15-7-3-1-4-8-15)16-9-5-2-6-10-16/h1-14,21H,(H,25,26,28). The highest BCUT2D eigenvalue weighted by Gasteiger charge is 2.23. The van der Waals surface area contributed by atoms with Gasteiger partial charge in [0.25, 0.3) is 5.91 Å². The number of halogens is 1. The summed E-state index contributed by atoms with van der Waals surface area (Å²) >= 11 is 9.86. The molecule has 1 fully saturated rings. The fourth-order valence-corrected chi connectivity index (χ4v) is 4.43. The minimum Gasteiger partial charge on any atom is -0.480 e. The van der Waals surface area contributed by atoms with Crippen molar-refractivity contribution in [2.24, 2.45) is 0 Å². The highest BCUT2D eigenvalue weighted by Crippen LogP contribution is 2.35. The fraction of sp³-hybridized carbons (Fsp3) is 0.0435. The van der Waals surface area contributed by atoms with Crippen LogP contribution in [0.3, 0.4) is 0 Å². The molecule has 3 aromatic carbocycles. The van der Waals surface area contributed by atoms with E-state index in [9.17, 15) is 4.79 Å². The van der Waals surface area contributed by atoms with Crippen LogP contribution >= 0.6 is 39.9 Å². The summed E-state index contributed by atoms with van der Waals surface area (Å²) in [5.74, 6) is 0.498. The van der Waals surface area contributed by atoms with Gasteiger partial charge in [-0.3, -0.25) is 4.79 Å². The SMILES string of the molecule is O=C1NC(=S)SC1=Cc1cc(Br)ccc1OC(c1ccccc1)c1ccccc1. The van der Waals surface area contributed by atoms with Gasteiger partial charge < -0.3 is 10.1 Å². The monoisotopic (exact) mass is 481 g/mol. The van der Waals surface area contributed by atoms with E-state index in [1.165, 1.54) is 11.8 Å². The van der Waals surface area contributed by atoms with Crippen LogP contribution in [-0.4, -0.2) is 10.2 Å². The van der Waals surface area contributed by atoms with Crippen molar-refractivity contribution in [3.05, 3.63) is 105 Å². The zero-order valence-electron chi connectivity index (χ0n) is 15.2. The molecule has 144 valence electrons. The summed E-state index contributed by atoms with van der Waals surface area (Å²) in [6, 6.07) is 25.9. The van der Waals surface area contributed by atoms with E-state index >= 15 is 0 Å². The minimum atomic E-state index is -0.276. The maximum atomic E-state index is 12.1. The predicted molar refractivity (Wildman–Crippen MR) is 126 cm³/mol. The number of thioether (sulfide) groups is 1. The summed E-state index contributed by atoms with van der Waals surface area (Å²) < 4.78 is 7.87. The Morgan fingerprint density at radius 1 is 0.966 bits per heavy atom. The lowest BCUT2D eigenvalue weighted by atomic mass is 10.0. The van der Waals surface area contributed by atoms with Crippen LogP contribution in [0.4, 0.5) is 0 Å². The second-order valence-corrected chi connectivity index (χ2v) is 8.99. The molecule has 1 aliphatic rings. The number of ether oxygens (including phenoxy) is 1. The third-order valence-corrected chi connectivity index (χ3v) is 6.01. The van der Waals surface area contributed by atoms with Gasteiger partial charge >= 0.3 is 0 Å². The highest BCUT2D eigenvalue weighted by atomic mass is 79.9. The van der Waals surface area contributed by atoms with Crippen LogP contribution < -0.4 is 10.1 Å². The molecule has 0 radical (unpaired) electrons. The number of rotatable bonds is 5. The number of hydrogen-bond acceptors (Lipinski definition) is 4. The van der Waals surface area contributed by atoms with Crippen molar-refractivity contribution < 1.29 is 9.53 Å². The number of hydrogen-bond donors (Lipinski definition) is 1. The van der Waals surface area contributed by atoms with E-state index in [1.54, 1.807) is 0 Å². The first-order chi connectivity index (χ1) is 14.1. The Hall–Kier alpha value is -2.41. The van der Waals surface area contributed by atoms with Crippen LogP contribution in [-0.2, 0) is 4.79 Å². The molecule has 0 aliphatic carbocycles. The highest BCUT2D eigenvalue weighted by molar-refractivity contribution is 9.10. The van der Waals surface area contributed by atoms with E-state index in [4.69, 9.17) is 17.0 Å². The lowest BCUT2D eigenvalue weighted by Gasteiger charge is -2.21. The molecule has 4 rings (SSSR count). The molecule has 1 heterocycles. The Morgan fingerprint density at radius 3 is 2.14 bits per heavy atom. The van der Waals surface area contributed by atoms with Gasteiger partial charge in [0.2, 0.25) is 0 Å². The molecule has 3 nitrogen and oxygen atoms in total. The zero-order valence-corrected chi connectivity index (χ0v) is 18.4. The van der Waals surface area contributed by atoms with E-state index < -0.39 is 0 Å². The number of carbonyl (C=O) groups is 1. The predicted octanol–water partition coefficient (Wildman–Crippen LogP) is 6.11. The third kappa shape index (κ3) is 4.78. The quantitative estimate of drug-likeness (QED) is 0.352. The Kier molecular flexibility index (Phi) is 6.13. The molecule has 1 saturated heterocycles. The normalized spacial score (nSPS) is 15.0. The van der Waals surface area contributed by atoms with Gasteiger partial charge in [-0.25, -0.2) is 0 Å². The van der Waals surface area contributed by atoms with Crippen molar-refractivity contribution in [3.63, 3.8) is 0 Å². The molecule has 6 heteroatoms. The first-order valence-corrected chi connectivity index (χ1v) is 10.9. The van der Waals surface area contributed by atoms with E-state index in [1.807, 2.05) is 84.9 Å². The summed E-state index contributed by atoms with van der Waals surface area (Å²) in [6.07, 6.45) is 1.54. The fourth-order valence-electron chi connectivity index (χ4n) is 3.01. The van der Waals surface area contributed by atoms with Gasteiger partial charge in [0.1, 0.15) is 16.2 Å². The van der Waals surface area contributed by atoms with Crippen molar-refractivity contribution in [3.8, 4) is 5.75 Å². The van der Waals surface area contributed by atoms with Gasteiger partial charge in [0, 0.05) is 10.0 Å². The average molecular weight is 482 g/mol. The van der Waals surface area contributed by atoms with Gasteiger partial charge in [-0.2, -0.15) is 0 Å². The Bertz CT molecular complexity index is 1050. The first-order valence-electron chi connectivity index (χ1n) is 8.91. The van der Waals surface area contributed by atoms with Crippen molar-refractivity contribution in [2.45, 2.75) is 6.10 Å². The van der Waals surface area contributed by atoms with Crippen LogP contribution in [0.5, 0.6) is 5.75 Å². The topological polar surface area (TPSA) is 38.3 Å². The number of amides is 1. The smallest absolute Gasteiger partial charge is 0.263 e. The van der Waals surface area contributed by atoms with Crippen molar-refractivity contribution in [1.82, 2.24) is 5.32 Å². The summed E-state index contributed by atoms with van der Waals surface area (Å²) in [5, 5.41) is 2.65. The van der Waals surface area contributed by atoms with Gasteiger partial charge in [-0.1, -0.05) is 101 Å². The molecule has 1 amide bonds. The van der Waals surface area contributed by atoms with E-state index in [2.05, 4.69) is 21.2 Å². The Morgan fingerprint density at radius 2 is 1.59 bits per heavy atom. The number of carbonyl (C=O) groups excluding carboxylic acids is 1. The Balaban J connectivity index is 1.75. The molecule has 0 bridgehead atoms. The van der Waals surface area contributed by atoms with Gasteiger partial charge in [0.05, 0.1) is 4.91 Å². The summed E-state index contributed by atoms with van der Waals surface area (Å²) in [7, 11) is 0. The molecule has 1 aliphatic heterocycles. The molecule has 0 aromatic heterocycles. The van der Waals surface area contributed by atoms with E-state index in [0.717, 1.165) is 21.2 Å². The van der Waals surface area contributed by atoms with Crippen LogP contribution in [0.25, 0.3) is 6.08 Å². The molecule has 0 unspecified atom stereocenters. The van der Waals surface area contributed by atoms with Gasteiger partial charge in [0.15, 0.2) is 0 Å². The average Bonchev–Trinajstić information content (AvgIpc) is 3.05. The van der Waals surface area contributed by atoms with Crippen LogP contribution in [0.15, 0.2) is 88.2 Å². The lowest BCUT2D eigenvalue weighted by Crippen LogP contribution is -2.17. The molecule has 0 saturated carbocycles. The van der Waals surface area contributed by atoms with Crippen LogP contribution in [0, 0.1) is 0 Å². The maximum Gasteiger partial charge on any atom is 0.263 e. The van der Waals surface area contributed by atoms with E-state index in [0.29, 0.717) is 15.0 Å². The molecule has 0 spiro atoms. The van der Waals surface area contributed by atoms with Crippen LogP contribution in [0.1, 0.15) is 22.8 Å². The molecule has 3 aromatic rings. The molecule has 1 N–H and O–H groups in total. The molecular weight excluding hydrogens is 466 g/mol. The maximum absolute atomic E-state index is 12.1. The number of benzene rings is 3. The third-order valence-electron chi connectivity index (χ3n) is 4.35. The van der Waals surface area contributed by atoms with Crippen molar-refractivity contribution in [2.75, 3.05) is 0 Å². The van der Waals surface area contributed by atoms with Crippen molar-refractivity contribution >= 4 is 56.2 Å². The first kappa shape index (κ1) is 19.9. The zero-order chi connectivity index (χ0) is 20.2. The second-order valence-electron chi connectivity index (χ2n) is 6.35. The molecule has 29 heavy (non-hydrogen) atoms. The molecular formula is C23H16BrNO2S2. The summed E-state index contributed by atoms with van der Waals surface area (Å²) in [6.45, 7) is 0. The largest absolute Gasteiger partial charge is 0.480 e. The lowest BCUT2D eigenvalue weighted by molar-refractivity contribution is -0.115. The van der Waals surface area contributed by atoms with Gasteiger partial charge in [-0.05, 0) is 35.4 Å². The Labute approximate surface area is 187 Å². The van der Waals surface area contributed by atoms with E-state index in [-0.39, 0.29) is 12.0 Å². The summed E-state index contributed by atoms with van der Waals surface area (Å²) in [5.41, 5.74) is 2.90. The molecule has 0 atom stereocenters. The van der Waals surface area contributed by atoms with Gasteiger partial charge in [-0.15, -0.1) is 0 Å². The number of nitrogens with one attached hydrogen (secondary N) is 1. The summed E-state index contributed by atoms with van der Waals surface area (Å²) in [4.78, 5) is 12.7. The van der Waals surface area contributed by atoms with Crippen LogP contribution in [0.2, 0.25) is 0 Å². The number of thiocarbonyl (C=S) groups is 1. The second kappa shape index (κ2) is 8.95. The van der Waals surface area contributed by atoms with Crippen molar-refractivity contribution in [1.29, 1.82) is 0 Å².